The summed E-state index contributed by atoms with van der Waals surface area (Å²) >= 11 is 0. The average molecular weight is 184 g/mol. The van der Waals surface area contributed by atoms with Crippen molar-refractivity contribution in [3.63, 3.8) is 0 Å². The van der Waals surface area contributed by atoms with Gasteiger partial charge in [0.15, 0.2) is 0 Å². The van der Waals surface area contributed by atoms with Gasteiger partial charge in [-0.3, -0.25) is 0 Å². The van der Waals surface area contributed by atoms with E-state index in [-0.39, 0.29) is 36.8 Å². The van der Waals surface area contributed by atoms with Crippen LogP contribution in [0.4, 0.5) is 0 Å². The van der Waals surface area contributed by atoms with E-state index in [0.29, 0.717) is 0 Å². The molecule has 0 aliphatic heterocycles. The Kier molecular flexibility index (Phi) is 5.05. The number of nitrogens with two attached hydrogens (primary N) is 3. The van der Waals surface area contributed by atoms with Gasteiger partial charge in [0.05, 0.1) is 5.92 Å². The van der Waals surface area contributed by atoms with Crippen LogP contribution in [0.3, 0.4) is 0 Å². The monoisotopic (exact) mass is 184 g/mol. The summed E-state index contributed by atoms with van der Waals surface area (Å²) in [5.41, 5.74) is 16.1. The van der Waals surface area contributed by atoms with Crippen LogP contribution in [0.15, 0.2) is 0 Å². The largest absolute Gasteiger partial charge is 0.325 e. The fourth-order valence-corrected chi connectivity index (χ4v) is 0.984. The van der Waals surface area contributed by atoms with Crippen molar-refractivity contribution in [1.82, 2.24) is 0 Å². The lowest BCUT2D eigenvalue weighted by atomic mass is 9.92. The summed E-state index contributed by atoms with van der Waals surface area (Å²) in [4.78, 5) is 0. The van der Waals surface area contributed by atoms with E-state index in [2.05, 4.69) is 0 Å². The zero-order valence-electron chi connectivity index (χ0n) is 7.43. The van der Waals surface area contributed by atoms with Crippen LogP contribution in [0, 0.1) is 22.1 Å². The number of hydrogen-bond acceptors (Lipinski definition) is 6. The van der Waals surface area contributed by atoms with E-state index in [9.17, 15) is 0 Å². The van der Waals surface area contributed by atoms with Gasteiger partial charge >= 0.3 is 0 Å². The predicted molar refractivity (Wildman–Crippen MR) is 53.8 cm³/mol. The highest BCUT2D eigenvalue weighted by Crippen LogP contribution is 2.01. The molecule has 0 atom stereocenters. The van der Waals surface area contributed by atoms with Gasteiger partial charge in [0, 0.05) is 36.8 Å². The second-order valence-corrected chi connectivity index (χ2v) is 2.62. The highest BCUT2D eigenvalue weighted by molar-refractivity contribution is 6.23. The molecule has 0 heterocycles. The maximum absolute atomic E-state index is 7.44. The molecule has 0 fully saturated rings. The minimum atomic E-state index is -0.694. The lowest BCUT2D eigenvalue weighted by Gasteiger charge is -2.17. The first kappa shape index (κ1) is 11.9. The van der Waals surface area contributed by atoms with E-state index in [1.807, 2.05) is 0 Å². The second-order valence-electron chi connectivity index (χ2n) is 2.62. The van der Waals surface area contributed by atoms with Crippen molar-refractivity contribution in [1.29, 1.82) is 16.2 Å². The first-order chi connectivity index (χ1) is 6.08. The predicted octanol–water partition coefficient (Wildman–Crippen LogP) is -1.46. The van der Waals surface area contributed by atoms with Crippen molar-refractivity contribution in [2.24, 2.45) is 23.1 Å². The lowest BCUT2D eigenvalue weighted by Crippen LogP contribution is -2.40. The molecule has 6 heteroatoms. The molecule has 74 valence electrons. The molecule has 0 rings (SSSR count). The number of nitrogens with one attached hydrogen (secondary N) is 3. The number of hydrogen-bond donors (Lipinski definition) is 6. The summed E-state index contributed by atoms with van der Waals surface area (Å²) in [5, 5.41) is 22.3. The number of rotatable bonds is 6. The fourth-order valence-electron chi connectivity index (χ4n) is 0.984. The summed E-state index contributed by atoms with van der Waals surface area (Å²) in [6.45, 7) is 0.0697. The van der Waals surface area contributed by atoms with Crippen molar-refractivity contribution in [3.05, 3.63) is 0 Å². The Bertz CT molecular complexity index is 183. The average Bonchev–Trinajstić information content (AvgIpc) is 2.16. The third kappa shape index (κ3) is 3.02. The van der Waals surface area contributed by atoms with E-state index in [0.717, 1.165) is 0 Å². The van der Waals surface area contributed by atoms with Gasteiger partial charge in [-0.15, -0.1) is 0 Å². The molecule has 0 saturated heterocycles. The van der Waals surface area contributed by atoms with Gasteiger partial charge in [0.2, 0.25) is 0 Å². The smallest absolute Gasteiger partial charge is 0.0758 e. The Morgan fingerprint density at radius 1 is 0.769 bits per heavy atom. The molecule has 0 spiro atoms. The Hall–Kier alpha value is -1.11. The molecule has 0 aliphatic rings. The van der Waals surface area contributed by atoms with Gasteiger partial charge in [-0.25, -0.2) is 0 Å². The molecule has 0 unspecified atom stereocenters. The summed E-state index contributed by atoms with van der Waals surface area (Å²) in [7, 11) is 0. The first-order valence-corrected chi connectivity index (χ1v) is 3.90. The molecule has 6 nitrogen and oxygen atoms in total. The third-order valence-corrected chi connectivity index (χ3v) is 1.71. The van der Waals surface area contributed by atoms with E-state index in [4.69, 9.17) is 33.4 Å². The van der Waals surface area contributed by atoms with Crippen molar-refractivity contribution < 1.29 is 0 Å². The van der Waals surface area contributed by atoms with E-state index in [1.165, 1.54) is 0 Å². The summed E-state index contributed by atoms with van der Waals surface area (Å²) in [6.07, 6.45) is 0. The van der Waals surface area contributed by atoms with Crippen molar-refractivity contribution in [2.75, 3.05) is 19.6 Å². The van der Waals surface area contributed by atoms with Crippen LogP contribution >= 0.6 is 0 Å². The van der Waals surface area contributed by atoms with Crippen LogP contribution in [0.25, 0.3) is 0 Å². The molecule has 0 radical (unpaired) electrons. The Labute approximate surface area is 77.0 Å². The lowest BCUT2D eigenvalue weighted by molar-refractivity contribution is 1.04. The summed E-state index contributed by atoms with van der Waals surface area (Å²) in [6, 6.07) is 0. The molecule has 9 N–H and O–H groups in total. The van der Waals surface area contributed by atoms with Gasteiger partial charge < -0.3 is 33.4 Å². The molecular weight excluding hydrogens is 168 g/mol. The standard InChI is InChI=1S/C7H16N6/c8-1-4(11)7(5(12)2-9)6(13)3-10/h7,11-13H,1-3,8-10H2. The molecule has 0 bridgehead atoms. The van der Waals surface area contributed by atoms with Gasteiger partial charge in [-0.2, -0.15) is 0 Å². The zero-order chi connectivity index (χ0) is 10.4. The highest BCUT2D eigenvalue weighted by atomic mass is 14.7. The molecule has 0 saturated carbocycles. The maximum Gasteiger partial charge on any atom is 0.0758 e. The van der Waals surface area contributed by atoms with Crippen LogP contribution in [-0.2, 0) is 0 Å². The molecule has 13 heavy (non-hydrogen) atoms. The van der Waals surface area contributed by atoms with E-state index >= 15 is 0 Å². The normalized spacial score (nSPS) is 12.2. The van der Waals surface area contributed by atoms with Crippen LogP contribution in [0.1, 0.15) is 0 Å². The zero-order valence-corrected chi connectivity index (χ0v) is 7.43. The molecule has 0 aliphatic carbocycles. The Balaban J connectivity index is 4.64. The second kappa shape index (κ2) is 5.52. The fraction of sp³-hybridized carbons (Fsp3) is 0.571. The van der Waals surface area contributed by atoms with Crippen LogP contribution in [-0.4, -0.2) is 36.8 Å². The highest BCUT2D eigenvalue weighted by Gasteiger charge is 2.21. The Morgan fingerprint density at radius 3 is 1.15 bits per heavy atom. The minimum Gasteiger partial charge on any atom is -0.325 e. The van der Waals surface area contributed by atoms with Crippen molar-refractivity contribution in [3.8, 4) is 0 Å². The van der Waals surface area contributed by atoms with Crippen molar-refractivity contribution >= 4 is 17.1 Å². The third-order valence-electron chi connectivity index (χ3n) is 1.71. The van der Waals surface area contributed by atoms with Gasteiger partial charge in [-0.05, 0) is 0 Å². The topological polar surface area (TPSA) is 150 Å². The van der Waals surface area contributed by atoms with Gasteiger partial charge in [0.1, 0.15) is 0 Å². The van der Waals surface area contributed by atoms with Gasteiger partial charge in [0.25, 0.3) is 0 Å². The van der Waals surface area contributed by atoms with Crippen LogP contribution < -0.4 is 17.2 Å². The molecule has 0 aromatic carbocycles. The quantitative estimate of drug-likeness (QED) is 0.280. The first-order valence-electron chi connectivity index (χ1n) is 3.90. The molecule has 0 amide bonds. The summed E-state index contributed by atoms with van der Waals surface area (Å²) in [5.74, 6) is -0.694. The van der Waals surface area contributed by atoms with Gasteiger partial charge in [-0.1, -0.05) is 0 Å². The molecule has 0 aromatic rings. The maximum atomic E-state index is 7.44. The van der Waals surface area contributed by atoms with Crippen LogP contribution in [0.5, 0.6) is 0 Å². The Morgan fingerprint density at radius 2 is 1.00 bits per heavy atom. The molecule has 0 aromatic heterocycles. The van der Waals surface area contributed by atoms with E-state index < -0.39 is 5.92 Å². The minimum absolute atomic E-state index is 0.0232. The van der Waals surface area contributed by atoms with Crippen LogP contribution in [0.2, 0.25) is 0 Å². The SMILES string of the molecule is N=C(CN)C(C(=N)CN)C(=N)CN. The van der Waals surface area contributed by atoms with E-state index in [1.54, 1.807) is 0 Å². The van der Waals surface area contributed by atoms with Crippen molar-refractivity contribution in [2.45, 2.75) is 0 Å². The summed E-state index contributed by atoms with van der Waals surface area (Å²) < 4.78 is 0. The molecular formula is C7H16N6.